The van der Waals surface area contributed by atoms with Gasteiger partial charge >= 0.3 is 0 Å². The molecule has 0 spiro atoms. The Kier molecular flexibility index (Phi) is 3.32. The highest BCUT2D eigenvalue weighted by molar-refractivity contribution is 5.78. The topological polar surface area (TPSA) is 57.0 Å². The van der Waals surface area contributed by atoms with Crippen LogP contribution in [0.5, 0.6) is 0 Å². The smallest absolute Gasteiger partial charge is 0.134 e. The normalized spacial score (nSPS) is 12.9. The van der Waals surface area contributed by atoms with E-state index in [1.54, 1.807) is 0 Å². The Hall–Kier alpha value is -2.07. The van der Waals surface area contributed by atoms with E-state index in [0.29, 0.717) is 0 Å². The van der Waals surface area contributed by atoms with Crippen molar-refractivity contribution in [2.24, 2.45) is 5.73 Å². The molecule has 4 heteroatoms. The van der Waals surface area contributed by atoms with Gasteiger partial charge in [-0.25, -0.2) is 0 Å². The van der Waals surface area contributed by atoms with Gasteiger partial charge in [-0.05, 0) is 44.0 Å². The lowest BCUT2D eigenvalue weighted by Crippen LogP contribution is -2.12. The summed E-state index contributed by atoms with van der Waals surface area (Å²) < 4.78 is 7.74. The van der Waals surface area contributed by atoms with E-state index in [9.17, 15) is 0 Å². The zero-order valence-electron chi connectivity index (χ0n) is 11.8. The van der Waals surface area contributed by atoms with Crippen molar-refractivity contribution < 1.29 is 4.42 Å². The van der Waals surface area contributed by atoms with E-state index in [0.717, 1.165) is 35.3 Å². The van der Waals surface area contributed by atoms with Crippen LogP contribution in [0.4, 0.5) is 0 Å². The minimum absolute atomic E-state index is 0.141. The molecule has 0 aliphatic carbocycles. The minimum atomic E-state index is -0.141. The molecule has 4 nitrogen and oxygen atoms in total. The van der Waals surface area contributed by atoms with Gasteiger partial charge in [-0.2, -0.15) is 5.10 Å². The van der Waals surface area contributed by atoms with Crippen LogP contribution >= 0.6 is 0 Å². The summed E-state index contributed by atoms with van der Waals surface area (Å²) in [4.78, 5) is 0. The predicted molar refractivity (Wildman–Crippen MR) is 79.5 cm³/mol. The molecular weight excluding hydrogens is 250 g/mol. The monoisotopic (exact) mass is 269 g/mol. The molecular formula is C16H19N3O. The molecule has 0 radical (unpaired) electrons. The summed E-state index contributed by atoms with van der Waals surface area (Å²) in [6.45, 7) is 5.02. The number of fused-ring (bicyclic) bond motifs is 1. The number of aromatic nitrogens is 2. The van der Waals surface area contributed by atoms with Gasteiger partial charge in [0.1, 0.15) is 11.3 Å². The van der Waals surface area contributed by atoms with Crippen LogP contribution < -0.4 is 5.73 Å². The van der Waals surface area contributed by atoms with Gasteiger partial charge in [-0.1, -0.05) is 11.6 Å². The van der Waals surface area contributed by atoms with Crippen molar-refractivity contribution >= 4 is 11.0 Å². The first-order chi connectivity index (χ1) is 9.65. The Labute approximate surface area is 118 Å². The summed E-state index contributed by atoms with van der Waals surface area (Å²) >= 11 is 0. The largest absolute Gasteiger partial charge is 0.459 e. The lowest BCUT2D eigenvalue weighted by Gasteiger charge is -2.06. The van der Waals surface area contributed by atoms with Crippen molar-refractivity contribution in [2.75, 3.05) is 0 Å². The maximum absolute atomic E-state index is 6.25. The first-order valence-electron chi connectivity index (χ1n) is 6.92. The standard InChI is InChI=1S/C16H19N3O/c1-3-19-10-12(9-18-19)7-14(17)16-8-13-6-11(2)4-5-15(13)20-16/h4-6,8-10,14H,3,7,17H2,1-2H3. The molecule has 2 N–H and O–H groups in total. The minimum Gasteiger partial charge on any atom is -0.459 e. The highest BCUT2D eigenvalue weighted by Gasteiger charge is 2.13. The molecule has 1 atom stereocenters. The highest BCUT2D eigenvalue weighted by Crippen LogP contribution is 2.25. The van der Waals surface area contributed by atoms with Crippen LogP contribution in [0.3, 0.4) is 0 Å². The molecule has 1 aromatic carbocycles. The maximum atomic E-state index is 6.25. The number of aryl methyl sites for hydroxylation is 2. The third-order valence-electron chi connectivity index (χ3n) is 3.52. The summed E-state index contributed by atoms with van der Waals surface area (Å²) in [5.74, 6) is 0.829. The second kappa shape index (κ2) is 5.13. The zero-order chi connectivity index (χ0) is 14.1. The Morgan fingerprint density at radius 1 is 1.35 bits per heavy atom. The average molecular weight is 269 g/mol. The fourth-order valence-electron chi connectivity index (χ4n) is 2.41. The van der Waals surface area contributed by atoms with Crippen LogP contribution in [0.1, 0.15) is 29.9 Å². The van der Waals surface area contributed by atoms with Crippen LogP contribution in [-0.4, -0.2) is 9.78 Å². The molecule has 20 heavy (non-hydrogen) atoms. The van der Waals surface area contributed by atoms with Gasteiger partial charge in [0.2, 0.25) is 0 Å². The van der Waals surface area contributed by atoms with E-state index >= 15 is 0 Å². The van der Waals surface area contributed by atoms with Gasteiger partial charge in [-0.15, -0.1) is 0 Å². The van der Waals surface area contributed by atoms with E-state index in [-0.39, 0.29) is 6.04 Å². The fraction of sp³-hybridized carbons (Fsp3) is 0.312. The number of rotatable bonds is 4. The number of hydrogen-bond acceptors (Lipinski definition) is 3. The summed E-state index contributed by atoms with van der Waals surface area (Å²) in [5.41, 5.74) is 9.50. The number of hydrogen-bond donors (Lipinski definition) is 1. The van der Waals surface area contributed by atoms with E-state index in [1.807, 2.05) is 35.3 Å². The van der Waals surface area contributed by atoms with E-state index in [2.05, 4.69) is 25.0 Å². The van der Waals surface area contributed by atoms with Crippen molar-refractivity contribution in [2.45, 2.75) is 32.9 Å². The van der Waals surface area contributed by atoms with Crippen LogP contribution in [-0.2, 0) is 13.0 Å². The second-order valence-corrected chi connectivity index (χ2v) is 5.20. The Morgan fingerprint density at radius 2 is 2.20 bits per heavy atom. The Bertz CT molecular complexity index is 726. The van der Waals surface area contributed by atoms with E-state index < -0.39 is 0 Å². The van der Waals surface area contributed by atoms with Crippen LogP contribution in [0.15, 0.2) is 41.1 Å². The molecule has 1 unspecified atom stereocenters. The zero-order valence-corrected chi connectivity index (χ0v) is 11.8. The molecule has 0 saturated heterocycles. The Balaban J connectivity index is 1.82. The van der Waals surface area contributed by atoms with Gasteiger partial charge in [0.05, 0.1) is 12.2 Å². The highest BCUT2D eigenvalue weighted by atomic mass is 16.3. The first-order valence-corrected chi connectivity index (χ1v) is 6.92. The summed E-state index contributed by atoms with van der Waals surface area (Å²) in [6, 6.07) is 8.06. The molecule has 2 aromatic heterocycles. The fourth-order valence-corrected chi connectivity index (χ4v) is 2.41. The quantitative estimate of drug-likeness (QED) is 0.791. The summed E-state index contributed by atoms with van der Waals surface area (Å²) in [7, 11) is 0. The lowest BCUT2D eigenvalue weighted by atomic mass is 10.1. The van der Waals surface area contributed by atoms with Crippen LogP contribution in [0, 0.1) is 6.92 Å². The van der Waals surface area contributed by atoms with Gasteiger partial charge in [0, 0.05) is 18.1 Å². The number of furan rings is 1. The van der Waals surface area contributed by atoms with E-state index in [4.69, 9.17) is 10.2 Å². The van der Waals surface area contributed by atoms with E-state index in [1.165, 1.54) is 5.56 Å². The molecule has 3 rings (SSSR count). The van der Waals surface area contributed by atoms with Crippen LogP contribution in [0.25, 0.3) is 11.0 Å². The second-order valence-electron chi connectivity index (χ2n) is 5.20. The molecule has 0 saturated carbocycles. The molecule has 0 aliphatic rings. The molecule has 0 aliphatic heterocycles. The van der Waals surface area contributed by atoms with Crippen molar-refractivity contribution in [3.8, 4) is 0 Å². The third kappa shape index (κ3) is 2.47. The number of nitrogens with two attached hydrogens (primary N) is 1. The Morgan fingerprint density at radius 3 is 2.95 bits per heavy atom. The molecule has 0 amide bonds. The number of benzene rings is 1. The molecule has 2 heterocycles. The summed E-state index contributed by atoms with van der Waals surface area (Å²) in [5, 5.41) is 5.38. The summed E-state index contributed by atoms with van der Waals surface area (Å²) in [6.07, 6.45) is 4.64. The van der Waals surface area contributed by atoms with Gasteiger partial charge in [0.25, 0.3) is 0 Å². The maximum Gasteiger partial charge on any atom is 0.134 e. The first kappa shape index (κ1) is 12.9. The van der Waals surface area contributed by atoms with Crippen molar-refractivity contribution in [1.82, 2.24) is 9.78 Å². The van der Waals surface area contributed by atoms with Gasteiger partial charge in [-0.3, -0.25) is 4.68 Å². The van der Waals surface area contributed by atoms with Crippen molar-refractivity contribution in [1.29, 1.82) is 0 Å². The van der Waals surface area contributed by atoms with Gasteiger partial charge in [0.15, 0.2) is 0 Å². The van der Waals surface area contributed by atoms with Crippen molar-refractivity contribution in [3.63, 3.8) is 0 Å². The van der Waals surface area contributed by atoms with Crippen LogP contribution in [0.2, 0.25) is 0 Å². The molecule has 0 fully saturated rings. The predicted octanol–water partition coefficient (Wildman–Crippen LogP) is 3.20. The molecule has 0 bridgehead atoms. The SMILES string of the molecule is CCn1cc(CC(N)c2cc3cc(C)ccc3o2)cn1. The molecule has 104 valence electrons. The van der Waals surface area contributed by atoms with Gasteiger partial charge < -0.3 is 10.2 Å². The third-order valence-corrected chi connectivity index (χ3v) is 3.52. The molecule has 3 aromatic rings. The average Bonchev–Trinajstić information content (AvgIpc) is 3.04. The lowest BCUT2D eigenvalue weighted by molar-refractivity contribution is 0.494. The number of nitrogens with zero attached hydrogens (tertiary/aromatic N) is 2. The van der Waals surface area contributed by atoms with Crippen molar-refractivity contribution in [3.05, 3.63) is 53.5 Å².